The normalized spacial score (nSPS) is 15.3. The fraction of sp³-hybridized carbons (Fsp3) is 0.429. The molecule has 1 aromatic rings. The van der Waals surface area contributed by atoms with Crippen LogP contribution in [0.1, 0.15) is 34.8 Å². The van der Waals surface area contributed by atoms with Gasteiger partial charge in [-0.2, -0.15) is 0 Å². The molecule has 0 aliphatic heterocycles. The van der Waals surface area contributed by atoms with Gasteiger partial charge in [-0.25, -0.2) is 0 Å². The van der Waals surface area contributed by atoms with E-state index in [4.69, 9.17) is 5.73 Å². The van der Waals surface area contributed by atoms with E-state index in [1.165, 1.54) is 6.26 Å². The molecule has 0 atom stereocenters. The molecule has 1 saturated carbocycles. The van der Waals surface area contributed by atoms with Crippen LogP contribution < -0.4 is 5.73 Å². The third-order valence-corrected chi connectivity index (χ3v) is 1.85. The van der Waals surface area contributed by atoms with Crippen LogP contribution in [0.15, 0.2) is 10.8 Å². The van der Waals surface area contributed by atoms with Crippen LogP contribution in [0.5, 0.6) is 0 Å². The second-order valence-corrected chi connectivity index (χ2v) is 2.76. The van der Waals surface area contributed by atoms with Crippen molar-refractivity contribution >= 4 is 18.3 Å². The molecular formula is C7H9ClN2O2. The van der Waals surface area contributed by atoms with Gasteiger partial charge in [-0.05, 0) is 18.8 Å². The first kappa shape index (κ1) is 9.06. The Balaban J connectivity index is 0.000000720. The van der Waals surface area contributed by atoms with Gasteiger partial charge in [-0.1, -0.05) is 5.16 Å². The lowest BCUT2D eigenvalue weighted by atomic mass is 10.1. The molecule has 0 saturated heterocycles. The summed E-state index contributed by atoms with van der Waals surface area (Å²) in [6.45, 7) is 0. The average Bonchev–Trinajstić information content (AvgIpc) is 2.68. The number of hydrogen-bond donors (Lipinski definition) is 1. The minimum absolute atomic E-state index is 0. The van der Waals surface area contributed by atoms with Crippen molar-refractivity contribution in [3.05, 3.63) is 17.5 Å². The quantitative estimate of drug-likeness (QED) is 0.755. The molecule has 12 heavy (non-hydrogen) atoms. The summed E-state index contributed by atoms with van der Waals surface area (Å²) in [6.07, 6.45) is 3.74. The van der Waals surface area contributed by atoms with E-state index >= 15 is 0 Å². The Hall–Kier alpha value is -1.03. The van der Waals surface area contributed by atoms with Crippen molar-refractivity contribution in [3.63, 3.8) is 0 Å². The lowest BCUT2D eigenvalue weighted by Crippen LogP contribution is -2.13. The van der Waals surface area contributed by atoms with E-state index in [0.29, 0.717) is 11.6 Å². The average molecular weight is 189 g/mol. The molecule has 0 radical (unpaired) electrons. The molecule has 2 N–H and O–H groups in total. The summed E-state index contributed by atoms with van der Waals surface area (Å²) < 4.78 is 4.66. The summed E-state index contributed by atoms with van der Waals surface area (Å²) in [5.41, 5.74) is 6.23. The molecule has 1 heterocycles. The predicted octanol–water partition coefficient (Wildman–Crippen LogP) is 1.07. The first-order valence-electron chi connectivity index (χ1n) is 3.53. The number of nitrogens with zero attached hydrogens (tertiary/aromatic N) is 1. The molecule has 0 bridgehead atoms. The van der Waals surface area contributed by atoms with E-state index in [1.54, 1.807) is 0 Å². The van der Waals surface area contributed by atoms with Crippen molar-refractivity contribution in [3.8, 4) is 0 Å². The largest absolute Gasteiger partial charge is 0.364 e. The van der Waals surface area contributed by atoms with Crippen molar-refractivity contribution in [1.82, 2.24) is 5.16 Å². The molecule has 1 aromatic heterocycles. The van der Waals surface area contributed by atoms with Gasteiger partial charge in [0, 0.05) is 5.56 Å². The molecule has 4 nitrogen and oxygen atoms in total. The lowest BCUT2D eigenvalue weighted by molar-refractivity contribution is 0.0991. The first-order chi connectivity index (χ1) is 5.29. The number of carbonyl (C=O) groups excluding carboxylic acids is 1. The Morgan fingerprint density at radius 1 is 1.67 bits per heavy atom. The van der Waals surface area contributed by atoms with Crippen LogP contribution in [0.3, 0.4) is 0 Å². The summed E-state index contributed by atoms with van der Waals surface area (Å²) >= 11 is 0. The van der Waals surface area contributed by atoms with Gasteiger partial charge in [0.05, 0.1) is 0 Å². The summed E-state index contributed by atoms with van der Waals surface area (Å²) in [6, 6.07) is 0. The smallest absolute Gasteiger partial charge is 0.271 e. The van der Waals surface area contributed by atoms with E-state index in [0.717, 1.165) is 18.4 Å². The number of amides is 1. The molecule has 66 valence electrons. The van der Waals surface area contributed by atoms with E-state index in [1.807, 2.05) is 0 Å². The van der Waals surface area contributed by atoms with Crippen LogP contribution in [-0.2, 0) is 0 Å². The number of hydrogen-bond acceptors (Lipinski definition) is 3. The highest BCUT2D eigenvalue weighted by molar-refractivity contribution is 5.92. The minimum Gasteiger partial charge on any atom is -0.364 e. The van der Waals surface area contributed by atoms with E-state index in [9.17, 15) is 4.79 Å². The number of primary amides is 1. The highest BCUT2D eigenvalue weighted by Gasteiger charge is 2.30. The van der Waals surface area contributed by atoms with Crippen LogP contribution in [0.4, 0.5) is 0 Å². The summed E-state index contributed by atoms with van der Waals surface area (Å²) in [4.78, 5) is 10.7. The topological polar surface area (TPSA) is 69.1 Å². The molecule has 2 rings (SSSR count). The fourth-order valence-corrected chi connectivity index (χ4v) is 1.12. The first-order valence-corrected chi connectivity index (χ1v) is 3.53. The van der Waals surface area contributed by atoms with Crippen molar-refractivity contribution in [2.24, 2.45) is 5.73 Å². The van der Waals surface area contributed by atoms with Gasteiger partial charge in [0.15, 0.2) is 5.69 Å². The summed E-state index contributed by atoms with van der Waals surface area (Å²) in [5.74, 6) is -0.0376. The number of aromatic nitrogens is 1. The maximum absolute atomic E-state index is 10.7. The molecule has 1 amide bonds. The summed E-state index contributed by atoms with van der Waals surface area (Å²) in [7, 11) is 0. The zero-order chi connectivity index (χ0) is 7.84. The molecule has 0 unspecified atom stereocenters. The van der Waals surface area contributed by atoms with E-state index in [2.05, 4.69) is 9.68 Å². The highest BCUT2D eigenvalue weighted by atomic mass is 35.5. The predicted molar refractivity (Wildman–Crippen MR) is 44.2 cm³/mol. The molecule has 1 aliphatic rings. The second kappa shape index (κ2) is 3.15. The van der Waals surface area contributed by atoms with Crippen molar-refractivity contribution in [2.75, 3.05) is 0 Å². The van der Waals surface area contributed by atoms with Crippen LogP contribution in [0.25, 0.3) is 0 Å². The highest BCUT2D eigenvalue weighted by Crippen LogP contribution is 2.41. The SMILES string of the molecule is Cl.NC(=O)c1nocc1C1CC1. The van der Waals surface area contributed by atoms with Gasteiger partial charge in [-0.15, -0.1) is 12.4 Å². The monoisotopic (exact) mass is 188 g/mol. The van der Waals surface area contributed by atoms with Crippen molar-refractivity contribution in [2.45, 2.75) is 18.8 Å². The molecule has 0 aromatic carbocycles. The molecular weight excluding hydrogens is 180 g/mol. The second-order valence-electron chi connectivity index (χ2n) is 2.76. The molecule has 0 spiro atoms. The number of carbonyl (C=O) groups is 1. The van der Waals surface area contributed by atoms with E-state index in [-0.39, 0.29) is 12.4 Å². The third-order valence-electron chi connectivity index (χ3n) is 1.85. The van der Waals surface area contributed by atoms with Crippen molar-refractivity contribution in [1.29, 1.82) is 0 Å². The number of nitrogens with two attached hydrogens (primary N) is 1. The van der Waals surface area contributed by atoms with Gasteiger partial charge in [0.25, 0.3) is 5.91 Å². The maximum Gasteiger partial charge on any atom is 0.271 e. The van der Waals surface area contributed by atoms with Crippen LogP contribution in [0.2, 0.25) is 0 Å². The Labute approximate surface area is 75.5 Å². The van der Waals surface area contributed by atoms with Gasteiger partial charge in [0.1, 0.15) is 6.26 Å². The fourth-order valence-electron chi connectivity index (χ4n) is 1.12. The number of halogens is 1. The molecule has 1 aliphatic carbocycles. The van der Waals surface area contributed by atoms with Gasteiger partial charge in [-0.3, -0.25) is 4.79 Å². The van der Waals surface area contributed by atoms with Crippen molar-refractivity contribution < 1.29 is 9.32 Å². The maximum atomic E-state index is 10.7. The summed E-state index contributed by atoms with van der Waals surface area (Å²) in [5, 5.41) is 3.53. The van der Waals surface area contributed by atoms with Crippen LogP contribution >= 0.6 is 12.4 Å². The lowest BCUT2D eigenvalue weighted by Gasteiger charge is -1.90. The van der Waals surface area contributed by atoms with Gasteiger partial charge < -0.3 is 10.3 Å². The molecule has 1 fully saturated rings. The molecule has 5 heteroatoms. The zero-order valence-corrected chi connectivity index (χ0v) is 7.13. The van der Waals surface area contributed by atoms with Crippen LogP contribution in [0, 0.1) is 0 Å². The Morgan fingerprint density at radius 3 is 2.83 bits per heavy atom. The zero-order valence-electron chi connectivity index (χ0n) is 6.32. The number of rotatable bonds is 2. The van der Waals surface area contributed by atoms with Crippen LogP contribution in [-0.4, -0.2) is 11.1 Å². The Kier molecular flexibility index (Phi) is 2.38. The van der Waals surface area contributed by atoms with E-state index < -0.39 is 5.91 Å². The van der Waals surface area contributed by atoms with Gasteiger partial charge >= 0.3 is 0 Å². The van der Waals surface area contributed by atoms with Gasteiger partial charge in [0.2, 0.25) is 0 Å². The Bertz CT molecular complexity index is 293. The standard InChI is InChI=1S/C7H8N2O2.ClH/c8-7(10)6-5(3-11-9-6)4-1-2-4;/h3-4H,1-2H2,(H2,8,10);1H. The minimum atomic E-state index is -0.499. The Morgan fingerprint density at radius 2 is 2.33 bits per heavy atom. The third kappa shape index (κ3) is 1.43.